The quantitative estimate of drug-likeness (QED) is 0.751. The fourth-order valence-corrected chi connectivity index (χ4v) is 2.94. The first kappa shape index (κ1) is 15.9. The molecular weight excluding hydrogens is 222 g/mol. The number of likely N-dealkylation sites (N-methyl/N-ethyl adjacent to an activating group) is 2. The van der Waals surface area contributed by atoms with Gasteiger partial charge in [-0.2, -0.15) is 0 Å². The van der Waals surface area contributed by atoms with Crippen LogP contribution < -0.4 is 5.32 Å². The summed E-state index contributed by atoms with van der Waals surface area (Å²) < 4.78 is 0. The molecule has 0 bridgehead atoms. The monoisotopic (exact) mass is 255 g/mol. The summed E-state index contributed by atoms with van der Waals surface area (Å²) in [6.07, 6.45) is 5.41. The molecule has 0 aliphatic carbocycles. The van der Waals surface area contributed by atoms with Crippen molar-refractivity contribution in [1.29, 1.82) is 0 Å². The summed E-state index contributed by atoms with van der Waals surface area (Å²) in [5.74, 6) is 0.770. The van der Waals surface area contributed by atoms with E-state index in [1.54, 1.807) is 0 Å². The van der Waals surface area contributed by atoms with Crippen molar-refractivity contribution in [2.75, 3.05) is 40.8 Å². The van der Waals surface area contributed by atoms with E-state index >= 15 is 0 Å². The third kappa shape index (κ3) is 6.17. The molecule has 1 saturated heterocycles. The van der Waals surface area contributed by atoms with E-state index in [-0.39, 0.29) is 0 Å². The Morgan fingerprint density at radius 1 is 1.28 bits per heavy atom. The highest BCUT2D eigenvalue weighted by Crippen LogP contribution is 2.15. The molecule has 0 aromatic heterocycles. The van der Waals surface area contributed by atoms with Gasteiger partial charge in [0.15, 0.2) is 0 Å². The summed E-state index contributed by atoms with van der Waals surface area (Å²) in [6.45, 7) is 8.21. The van der Waals surface area contributed by atoms with Gasteiger partial charge in [-0.3, -0.25) is 0 Å². The predicted molar refractivity (Wildman–Crippen MR) is 80.1 cm³/mol. The SMILES string of the molecule is CC(C)CC(CN(C)C)NCC1CCCCN1C. The first-order valence-electron chi connectivity index (χ1n) is 7.57. The Morgan fingerprint density at radius 2 is 2.00 bits per heavy atom. The number of likely N-dealkylation sites (tertiary alicyclic amines) is 1. The molecule has 0 radical (unpaired) electrons. The number of hydrogen-bond donors (Lipinski definition) is 1. The molecule has 3 nitrogen and oxygen atoms in total. The molecule has 1 aliphatic rings. The fraction of sp³-hybridized carbons (Fsp3) is 1.00. The van der Waals surface area contributed by atoms with Crippen LogP contribution in [0.3, 0.4) is 0 Å². The van der Waals surface area contributed by atoms with Crippen molar-refractivity contribution in [1.82, 2.24) is 15.1 Å². The summed E-state index contributed by atoms with van der Waals surface area (Å²) in [5.41, 5.74) is 0. The molecule has 1 rings (SSSR count). The zero-order chi connectivity index (χ0) is 13.5. The van der Waals surface area contributed by atoms with E-state index in [1.807, 2.05) is 0 Å². The Kier molecular flexibility index (Phi) is 7.20. The minimum atomic E-state index is 0.635. The van der Waals surface area contributed by atoms with Crippen LogP contribution in [0.2, 0.25) is 0 Å². The molecule has 2 unspecified atom stereocenters. The summed E-state index contributed by atoms with van der Waals surface area (Å²) in [4.78, 5) is 4.82. The molecule has 108 valence electrons. The zero-order valence-electron chi connectivity index (χ0n) is 13.1. The minimum absolute atomic E-state index is 0.635. The molecule has 0 aromatic rings. The molecule has 2 atom stereocenters. The summed E-state index contributed by atoms with van der Waals surface area (Å²) in [5, 5.41) is 3.80. The standard InChI is InChI=1S/C15H33N3/c1-13(2)10-14(12-17(3)4)16-11-15-8-6-7-9-18(15)5/h13-16H,6-12H2,1-5H3. The molecule has 1 N–H and O–H groups in total. The van der Waals surface area contributed by atoms with Crippen LogP contribution in [0.5, 0.6) is 0 Å². The third-order valence-electron chi connectivity index (χ3n) is 3.91. The molecule has 0 saturated carbocycles. The van der Waals surface area contributed by atoms with Gasteiger partial charge in [0, 0.05) is 25.2 Å². The van der Waals surface area contributed by atoms with Crippen molar-refractivity contribution in [2.24, 2.45) is 5.92 Å². The van der Waals surface area contributed by atoms with E-state index in [4.69, 9.17) is 0 Å². The van der Waals surface area contributed by atoms with Crippen molar-refractivity contribution < 1.29 is 0 Å². The van der Waals surface area contributed by atoms with Gasteiger partial charge in [-0.1, -0.05) is 20.3 Å². The second-order valence-corrected chi connectivity index (χ2v) is 6.63. The van der Waals surface area contributed by atoms with Crippen LogP contribution in [0.25, 0.3) is 0 Å². The van der Waals surface area contributed by atoms with Gasteiger partial charge in [-0.15, -0.1) is 0 Å². The lowest BCUT2D eigenvalue weighted by Gasteiger charge is -2.34. The maximum atomic E-state index is 3.80. The van der Waals surface area contributed by atoms with Gasteiger partial charge in [0.25, 0.3) is 0 Å². The molecule has 1 fully saturated rings. The van der Waals surface area contributed by atoms with Crippen LogP contribution in [-0.4, -0.2) is 62.7 Å². The lowest BCUT2D eigenvalue weighted by molar-refractivity contribution is 0.172. The average Bonchev–Trinajstić information content (AvgIpc) is 2.26. The lowest BCUT2D eigenvalue weighted by atomic mass is 10.0. The molecule has 0 amide bonds. The third-order valence-corrected chi connectivity index (χ3v) is 3.91. The topological polar surface area (TPSA) is 18.5 Å². The van der Waals surface area contributed by atoms with E-state index in [0.717, 1.165) is 25.0 Å². The Morgan fingerprint density at radius 3 is 2.56 bits per heavy atom. The molecule has 0 spiro atoms. The first-order chi connectivity index (χ1) is 8.49. The second kappa shape index (κ2) is 8.13. The Bertz CT molecular complexity index is 206. The molecule has 1 aliphatic heterocycles. The maximum Gasteiger partial charge on any atom is 0.0217 e. The Hall–Kier alpha value is -0.120. The molecule has 1 heterocycles. The van der Waals surface area contributed by atoms with Crippen molar-refractivity contribution in [3.05, 3.63) is 0 Å². The number of rotatable bonds is 7. The molecular formula is C15H33N3. The van der Waals surface area contributed by atoms with Gasteiger partial charge in [0.2, 0.25) is 0 Å². The van der Waals surface area contributed by atoms with Crippen molar-refractivity contribution in [3.8, 4) is 0 Å². The van der Waals surface area contributed by atoms with Gasteiger partial charge in [-0.25, -0.2) is 0 Å². The summed E-state index contributed by atoms with van der Waals surface area (Å²) >= 11 is 0. The van der Waals surface area contributed by atoms with Crippen LogP contribution >= 0.6 is 0 Å². The van der Waals surface area contributed by atoms with E-state index in [0.29, 0.717) is 6.04 Å². The van der Waals surface area contributed by atoms with Crippen molar-refractivity contribution in [2.45, 2.75) is 51.6 Å². The van der Waals surface area contributed by atoms with Gasteiger partial charge >= 0.3 is 0 Å². The molecule has 0 aromatic carbocycles. The van der Waals surface area contributed by atoms with Gasteiger partial charge in [0.05, 0.1) is 0 Å². The minimum Gasteiger partial charge on any atom is -0.311 e. The highest BCUT2D eigenvalue weighted by atomic mass is 15.2. The highest BCUT2D eigenvalue weighted by Gasteiger charge is 2.20. The predicted octanol–water partition coefficient (Wildman–Crippen LogP) is 2.04. The fourth-order valence-electron chi connectivity index (χ4n) is 2.94. The summed E-state index contributed by atoms with van der Waals surface area (Å²) in [6, 6.07) is 1.38. The van der Waals surface area contributed by atoms with E-state index in [2.05, 4.69) is 50.1 Å². The van der Waals surface area contributed by atoms with E-state index in [9.17, 15) is 0 Å². The van der Waals surface area contributed by atoms with Crippen LogP contribution in [0, 0.1) is 5.92 Å². The second-order valence-electron chi connectivity index (χ2n) is 6.63. The largest absolute Gasteiger partial charge is 0.311 e. The van der Waals surface area contributed by atoms with Crippen molar-refractivity contribution in [3.63, 3.8) is 0 Å². The Balaban J connectivity index is 2.35. The number of nitrogens with one attached hydrogen (secondary N) is 1. The number of nitrogens with zero attached hydrogens (tertiary/aromatic N) is 2. The van der Waals surface area contributed by atoms with Crippen LogP contribution in [0.1, 0.15) is 39.5 Å². The molecule has 3 heteroatoms. The van der Waals surface area contributed by atoms with Crippen LogP contribution in [-0.2, 0) is 0 Å². The number of hydrogen-bond acceptors (Lipinski definition) is 3. The maximum absolute atomic E-state index is 3.80. The van der Waals surface area contributed by atoms with Crippen LogP contribution in [0.4, 0.5) is 0 Å². The smallest absolute Gasteiger partial charge is 0.0217 e. The first-order valence-corrected chi connectivity index (χ1v) is 7.57. The Labute approximate surface area is 114 Å². The van der Waals surface area contributed by atoms with E-state index < -0.39 is 0 Å². The van der Waals surface area contributed by atoms with Crippen LogP contribution in [0.15, 0.2) is 0 Å². The zero-order valence-corrected chi connectivity index (χ0v) is 13.1. The van der Waals surface area contributed by atoms with E-state index in [1.165, 1.54) is 32.2 Å². The van der Waals surface area contributed by atoms with Gasteiger partial charge in [0.1, 0.15) is 0 Å². The average molecular weight is 255 g/mol. The van der Waals surface area contributed by atoms with Gasteiger partial charge in [-0.05, 0) is 52.9 Å². The number of piperidine rings is 1. The highest BCUT2D eigenvalue weighted by molar-refractivity contribution is 4.79. The molecule has 18 heavy (non-hydrogen) atoms. The summed E-state index contributed by atoms with van der Waals surface area (Å²) in [7, 11) is 6.61. The lowest BCUT2D eigenvalue weighted by Crippen LogP contribution is -2.48. The van der Waals surface area contributed by atoms with Crippen molar-refractivity contribution >= 4 is 0 Å². The van der Waals surface area contributed by atoms with Gasteiger partial charge < -0.3 is 15.1 Å². The normalized spacial score (nSPS) is 23.8.